The van der Waals surface area contributed by atoms with Crippen LogP contribution in [0.3, 0.4) is 0 Å². The van der Waals surface area contributed by atoms with Gasteiger partial charge in [-0.25, -0.2) is 13.9 Å². The minimum absolute atomic E-state index is 0.439. The summed E-state index contributed by atoms with van der Waals surface area (Å²) in [5.74, 6) is -0.784. The lowest BCUT2D eigenvalue weighted by Gasteiger charge is -2.03. The molecule has 0 saturated carbocycles. The minimum atomic E-state index is -0.784. The third-order valence-electron chi connectivity index (χ3n) is 1.82. The number of hydrogen-bond acceptors (Lipinski definition) is 1. The fourth-order valence-electron chi connectivity index (χ4n) is 1.17. The molecule has 0 fully saturated rings. The van der Waals surface area contributed by atoms with E-state index in [9.17, 15) is 4.79 Å². The van der Waals surface area contributed by atoms with Crippen molar-refractivity contribution in [3.8, 4) is 0 Å². The third-order valence-corrected chi connectivity index (χ3v) is 1.82. The molecule has 1 N–H and O–H groups in total. The largest absolute Gasteiger partial charge is 0.478 e. The van der Waals surface area contributed by atoms with E-state index in [1.807, 2.05) is 24.7 Å². The summed E-state index contributed by atoms with van der Waals surface area (Å²) in [7, 11) is 1.87. The molecule has 0 aliphatic carbocycles. The standard InChI is InChI=1S/C8H12N2O2/c1-3-7(8(11)12)10-5-4-9(2)6-10/h4-7H,3H2,1-2H3/p+1. The molecule has 0 aliphatic heterocycles. The molecule has 66 valence electrons. The molecule has 0 aromatic carbocycles. The van der Waals surface area contributed by atoms with Crippen molar-refractivity contribution in [2.24, 2.45) is 7.05 Å². The van der Waals surface area contributed by atoms with Gasteiger partial charge >= 0.3 is 5.97 Å². The second kappa shape index (κ2) is 3.38. The molecule has 1 unspecified atom stereocenters. The Labute approximate surface area is 71.1 Å². The molecule has 0 aliphatic rings. The Bertz CT molecular complexity index is 280. The molecule has 1 aromatic heterocycles. The summed E-state index contributed by atoms with van der Waals surface area (Å²) in [6.07, 6.45) is 5.96. The lowest BCUT2D eigenvalue weighted by Crippen LogP contribution is -2.25. The van der Waals surface area contributed by atoms with Crippen LogP contribution in [0.15, 0.2) is 18.7 Å². The summed E-state index contributed by atoms with van der Waals surface area (Å²) in [6.45, 7) is 1.86. The summed E-state index contributed by atoms with van der Waals surface area (Å²) in [6, 6.07) is -0.439. The van der Waals surface area contributed by atoms with Crippen molar-refractivity contribution in [2.75, 3.05) is 0 Å². The van der Waals surface area contributed by atoms with Crippen molar-refractivity contribution < 1.29 is 14.5 Å². The van der Waals surface area contributed by atoms with E-state index in [1.54, 1.807) is 17.1 Å². The van der Waals surface area contributed by atoms with Gasteiger partial charge in [-0.15, -0.1) is 0 Å². The Morgan fingerprint density at radius 3 is 2.75 bits per heavy atom. The van der Waals surface area contributed by atoms with Crippen molar-refractivity contribution in [3.05, 3.63) is 18.7 Å². The van der Waals surface area contributed by atoms with Crippen LogP contribution in [0, 0.1) is 0 Å². The smallest absolute Gasteiger partial charge is 0.349 e. The molecule has 0 radical (unpaired) electrons. The highest BCUT2D eigenvalue weighted by Crippen LogP contribution is 2.08. The van der Waals surface area contributed by atoms with Crippen molar-refractivity contribution in [2.45, 2.75) is 19.4 Å². The molecule has 0 amide bonds. The van der Waals surface area contributed by atoms with Gasteiger partial charge in [0.15, 0.2) is 6.04 Å². The molecule has 4 nitrogen and oxygen atoms in total. The van der Waals surface area contributed by atoms with E-state index in [0.717, 1.165) is 0 Å². The quantitative estimate of drug-likeness (QED) is 0.663. The van der Waals surface area contributed by atoms with Gasteiger partial charge in [0, 0.05) is 0 Å². The highest BCUT2D eigenvalue weighted by Gasteiger charge is 2.21. The number of nitrogens with zero attached hydrogens (tertiary/aromatic N) is 2. The fraction of sp³-hybridized carbons (Fsp3) is 0.500. The molecule has 0 bridgehead atoms. The number of carboxylic acids is 1. The first-order valence-corrected chi connectivity index (χ1v) is 3.90. The van der Waals surface area contributed by atoms with Gasteiger partial charge in [0.2, 0.25) is 6.33 Å². The Balaban J connectivity index is 2.87. The number of carbonyl (C=O) groups is 1. The highest BCUT2D eigenvalue weighted by atomic mass is 16.4. The van der Waals surface area contributed by atoms with E-state index >= 15 is 0 Å². The van der Waals surface area contributed by atoms with E-state index in [1.165, 1.54) is 0 Å². The predicted octanol–water partition coefficient (Wildman–Crippen LogP) is 0.348. The maximum absolute atomic E-state index is 10.7. The van der Waals surface area contributed by atoms with Crippen LogP contribution in [0.25, 0.3) is 0 Å². The Kier molecular flexibility index (Phi) is 2.47. The minimum Gasteiger partial charge on any atom is -0.478 e. The Morgan fingerprint density at radius 2 is 2.42 bits per heavy atom. The Hall–Kier alpha value is -1.32. The average Bonchev–Trinajstić information content (AvgIpc) is 2.37. The van der Waals surface area contributed by atoms with Crippen LogP contribution in [-0.4, -0.2) is 15.6 Å². The van der Waals surface area contributed by atoms with Gasteiger partial charge in [-0.05, 0) is 6.42 Å². The van der Waals surface area contributed by atoms with E-state index in [2.05, 4.69) is 0 Å². The van der Waals surface area contributed by atoms with Gasteiger partial charge in [0.05, 0.1) is 7.05 Å². The van der Waals surface area contributed by atoms with Crippen molar-refractivity contribution in [1.29, 1.82) is 0 Å². The van der Waals surface area contributed by atoms with Crippen LogP contribution in [0.4, 0.5) is 0 Å². The molecular formula is C8H13N2O2+. The van der Waals surface area contributed by atoms with Gasteiger partial charge in [0.25, 0.3) is 0 Å². The van der Waals surface area contributed by atoms with Crippen molar-refractivity contribution in [3.63, 3.8) is 0 Å². The predicted molar refractivity (Wildman–Crippen MR) is 42.6 cm³/mol. The monoisotopic (exact) mass is 169 g/mol. The Morgan fingerprint density at radius 1 is 1.75 bits per heavy atom. The number of aryl methyl sites for hydroxylation is 1. The van der Waals surface area contributed by atoms with Gasteiger partial charge in [0.1, 0.15) is 12.4 Å². The van der Waals surface area contributed by atoms with Crippen molar-refractivity contribution in [1.82, 2.24) is 4.57 Å². The van der Waals surface area contributed by atoms with Crippen LogP contribution >= 0.6 is 0 Å². The number of carboxylic acid groups (broad SMARTS) is 1. The summed E-state index contributed by atoms with van der Waals surface area (Å²) < 4.78 is 3.52. The lowest BCUT2D eigenvalue weighted by atomic mass is 10.2. The maximum Gasteiger partial charge on any atom is 0.349 e. The molecule has 1 rings (SSSR count). The number of imidazole rings is 1. The second-order valence-electron chi connectivity index (χ2n) is 2.79. The first-order chi connectivity index (χ1) is 5.65. The molecule has 1 atom stereocenters. The zero-order chi connectivity index (χ0) is 9.14. The second-order valence-corrected chi connectivity index (χ2v) is 2.79. The molecule has 0 spiro atoms. The van der Waals surface area contributed by atoms with Crippen LogP contribution < -0.4 is 4.57 Å². The summed E-state index contributed by atoms with van der Waals surface area (Å²) >= 11 is 0. The van der Waals surface area contributed by atoms with Gasteiger partial charge in [-0.3, -0.25) is 0 Å². The number of rotatable bonds is 3. The third kappa shape index (κ3) is 1.64. The van der Waals surface area contributed by atoms with Crippen molar-refractivity contribution >= 4 is 5.97 Å². The number of aliphatic carboxylic acids is 1. The molecule has 4 heteroatoms. The topological polar surface area (TPSA) is 46.1 Å². The highest BCUT2D eigenvalue weighted by molar-refractivity contribution is 5.71. The van der Waals surface area contributed by atoms with Crippen LogP contribution in [0.2, 0.25) is 0 Å². The SMILES string of the molecule is CCC(C(=O)O)n1cc[n+](C)c1. The molecule has 1 aromatic rings. The summed E-state index contributed by atoms with van der Waals surface area (Å²) in [5, 5.41) is 8.81. The van der Waals surface area contributed by atoms with Crippen LogP contribution in [-0.2, 0) is 11.8 Å². The first-order valence-electron chi connectivity index (χ1n) is 3.90. The summed E-state index contributed by atoms with van der Waals surface area (Å²) in [4.78, 5) is 10.7. The zero-order valence-electron chi connectivity index (χ0n) is 7.27. The molecule has 1 heterocycles. The molecule has 12 heavy (non-hydrogen) atoms. The molecule has 0 saturated heterocycles. The number of hydrogen-bond donors (Lipinski definition) is 1. The normalized spacial score (nSPS) is 12.8. The van der Waals surface area contributed by atoms with Crippen LogP contribution in [0.1, 0.15) is 19.4 Å². The van der Waals surface area contributed by atoms with E-state index in [-0.39, 0.29) is 0 Å². The fourth-order valence-corrected chi connectivity index (χ4v) is 1.17. The average molecular weight is 169 g/mol. The summed E-state index contributed by atoms with van der Waals surface area (Å²) in [5.41, 5.74) is 0. The number of aromatic nitrogens is 2. The zero-order valence-corrected chi connectivity index (χ0v) is 7.27. The van der Waals surface area contributed by atoms with E-state index < -0.39 is 12.0 Å². The van der Waals surface area contributed by atoms with Gasteiger partial charge in [-0.2, -0.15) is 0 Å². The molecular weight excluding hydrogens is 156 g/mol. The lowest BCUT2D eigenvalue weighted by molar-refractivity contribution is -0.671. The van der Waals surface area contributed by atoms with Gasteiger partial charge < -0.3 is 5.11 Å². The first kappa shape index (κ1) is 8.77. The van der Waals surface area contributed by atoms with E-state index in [4.69, 9.17) is 5.11 Å². The maximum atomic E-state index is 10.7. The van der Waals surface area contributed by atoms with E-state index in [0.29, 0.717) is 6.42 Å². The van der Waals surface area contributed by atoms with Crippen LogP contribution in [0.5, 0.6) is 0 Å². The van der Waals surface area contributed by atoms with Gasteiger partial charge in [-0.1, -0.05) is 6.92 Å².